The second-order valence-corrected chi connectivity index (χ2v) is 4.86. The Labute approximate surface area is 108 Å². The van der Waals surface area contributed by atoms with Crippen LogP contribution >= 0.6 is 0 Å². The van der Waals surface area contributed by atoms with E-state index in [4.69, 9.17) is 9.47 Å². The monoisotopic (exact) mass is 251 g/mol. The molecule has 0 spiro atoms. The highest BCUT2D eigenvalue weighted by Gasteiger charge is 2.33. The van der Waals surface area contributed by atoms with Crippen molar-refractivity contribution >= 4 is 0 Å². The maximum absolute atomic E-state index is 9.98. The van der Waals surface area contributed by atoms with Crippen molar-refractivity contribution in [3.63, 3.8) is 0 Å². The number of hydrogen-bond acceptors (Lipinski definition) is 4. The van der Waals surface area contributed by atoms with Crippen molar-refractivity contribution < 1.29 is 14.6 Å². The zero-order chi connectivity index (χ0) is 13.0. The Morgan fingerprint density at radius 1 is 1.28 bits per heavy atom. The van der Waals surface area contributed by atoms with Gasteiger partial charge >= 0.3 is 0 Å². The summed E-state index contributed by atoms with van der Waals surface area (Å²) in [5.74, 6) is 1.59. The van der Waals surface area contributed by atoms with Crippen LogP contribution in [0.3, 0.4) is 0 Å². The highest BCUT2D eigenvalue weighted by Crippen LogP contribution is 2.31. The average molecular weight is 251 g/mol. The van der Waals surface area contributed by atoms with Crippen LogP contribution in [-0.2, 0) is 6.54 Å². The second-order valence-electron chi connectivity index (χ2n) is 4.86. The minimum atomic E-state index is -0.486. The highest BCUT2D eigenvalue weighted by atomic mass is 16.5. The molecule has 0 radical (unpaired) electrons. The van der Waals surface area contributed by atoms with Crippen LogP contribution in [0.4, 0.5) is 0 Å². The predicted molar refractivity (Wildman–Crippen MR) is 70.1 cm³/mol. The number of ether oxygens (including phenoxy) is 2. The Hall–Kier alpha value is -1.26. The Kier molecular flexibility index (Phi) is 4.09. The smallest absolute Gasteiger partial charge is 0.127 e. The minimum Gasteiger partial charge on any atom is -0.497 e. The van der Waals surface area contributed by atoms with E-state index < -0.39 is 5.60 Å². The lowest BCUT2D eigenvalue weighted by atomic mass is 9.80. The van der Waals surface area contributed by atoms with Crippen LogP contribution in [-0.4, -0.2) is 31.5 Å². The van der Waals surface area contributed by atoms with Gasteiger partial charge in [0.05, 0.1) is 19.8 Å². The van der Waals surface area contributed by atoms with E-state index >= 15 is 0 Å². The first-order valence-corrected chi connectivity index (χ1v) is 6.31. The fourth-order valence-corrected chi connectivity index (χ4v) is 2.19. The van der Waals surface area contributed by atoms with Gasteiger partial charge in [-0.2, -0.15) is 0 Å². The van der Waals surface area contributed by atoms with Gasteiger partial charge in [-0.3, -0.25) is 0 Å². The molecule has 0 bridgehead atoms. The lowest BCUT2D eigenvalue weighted by Gasteiger charge is -2.36. The molecule has 1 aliphatic rings. The third kappa shape index (κ3) is 2.94. The second kappa shape index (κ2) is 5.59. The summed E-state index contributed by atoms with van der Waals surface area (Å²) < 4.78 is 10.5. The maximum atomic E-state index is 9.98. The molecule has 18 heavy (non-hydrogen) atoms. The topological polar surface area (TPSA) is 50.7 Å². The summed E-state index contributed by atoms with van der Waals surface area (Å²) >= 11 is 0. The molecule has 4 heteroatoms. The molecule has 0 unspecified atom stereocenters. The van der Waals surface area contributed by atoms with Gasteiger partial charge < -0.3 is 19.9 Å². The lowest BCUT2D eigenvalue weighted by molar-refractivity contribution is -0.0315. The molecule has 2 rings (SSSR count). The van der Waals surface area contributed by atoms with Crippen molar-refractivity contribution in [3.05, 3.63) is 23.8 Å². The number of benzene rings is 1. The van der Waals surface area contributed by atoms with E-state index in [1.807, 2.05) is 18.2 Å². The predicted octanol–water partition coefficient (Wildman–Crippen LogP) is 1.71. The molecule has 2 N–H and O–H groups in total. The van der Waals surface area contributed by atoms with Crippen molar-refractivity contribution in [2.75, 3.05) is 20.8 Å². The Balaban J connectivity index is 1.91. The Bertz CT molecular complexity index is 402. The summed E-state index contributed by atoms with van der Waals surface area (Å²) in [5.41, 5.74) is 0.584. The molecular formula is C14H21NO3. The maximum Gasteiger partial charge on any atom is 0.127 e. The summed E-state index contributed by atoms with van der Waals surface area (Å²) in [6.45, 7) is 1.33. The van der Waals surface area contributed by atoms with Crippen LogP contribution < -0.4 is 14.8 Å². The molecule has 4 nitrogen and oxygen atoms in total. The third-order valence-corrected chi connectivity index (χ3v) is 3.55. The lowest BCUT2D eigenvalue weighted by Crippen LogP contribution is -2.45. The SMILES string of the molecule is COc1ccc(CNCC2(O)CCC2)c(OC)c1. The molecule has 1 aromatic carbocycles. The number of methoxy groups -OCH3 is 2. The number of rotatable bonds is 6. The quantitative estimate of drug-likeness (QED) is 0.808. The fraction of sp³-hybridized carbons (Fsp3) is 0.571. The molecule has 0 saturated heterocycles. The molecule has 0 aliphatic heterocycles. The molecule has 0 aromatic heterocycles. The first-order valence-electron chi connectivity index (χ1n) is 6.31. The summed E-state index contributed by atoms with van der Waals surface area (Å²) in [6, 6.07) is 5.77. The molecule has 1 saturated carbocycles. The van der Waals surface area contributed by atoms with Crippen molar-refractivity contribution in [1.29, 1.82) is 0 Å². The van der Waals surface area contributed by atoms with Crippen LogP contribution in [0, 0.1) is 0 Å². The summed E-state index contributed by atoms with van der Waals surface area (Å²) in [6.07, 6.45) is 2.93. The molecule has 1 aromatic rings. The summed E-state index contributed by atoms with van der Waals surface area (Å²) in [7, 11) is 3.29. The van der Waals surface area contributed by atoms with Gasteiger partial charge in [0.25, 0.3) is 0 Å². The van der Waals surface area contributed by atoms with Crippen LogP contribution in [0.1, 0.15) is 24.8 Å². The Morgan fingerprint density at radius 2 is 2.06 bits per heavy atom. The first-order chi connectivity index (χ1) is 8.67. The molecule has 0 atom stereocenters. The highest BCUT2D eigenvalue weighted by molar-refractivity contribution is 5.40. The van der Waals surface area contributed by atoms with Crippen LogP contribution in [0.25, 0.3) is 0 Å². The molecular weight excluding hydrogens is 230 g/mol. The van der Waals surface area contributed by atoms with Gasteiger partial charge in [0.15, 0.2) is 0 Å². The normalized spacial score (nSPS) is 17.1. The first kappa shape index (κ1) is 13.2. The zero-order valence-electron chi connectivity index (χ0n) is 11.0. The standard InChI is InChI=1S/C14H21NO3/c1-17-12-5-4-11(13(8-12)18-2)9-15-10-14(16)6-3-7-14/h4-5,8,15-16H,3,6-7,9-10H2,1-2H3. The van der Waals surface area contributed by atoms with Crippen LogP contribution in [0.15, 0.2) is 18.2 Å². The van der Waals surface area contributed by atoms with Gasteiger partial charge in [0.1, 0.15) is 11.5 Å². The van der Waals surface area contributed by atoms with Crippen LogP contribution in [0.5, 0.6) is 11.5 Å². The van der Waals surface area contributed by atoms with Gasteiger partial charge in [-0.1, -0.05) is 6.07 Å². The van der Waals surface area contributed by atoms with E-state index in [9.17, 15) is 5.11 Å². The van der Waals surface area contributed by atoms with Gasteiger partial charge in [-0.05, 0) is 25.3 Å². The van der Waals surface area contributed by atoms with E-state index in [1.165, 1.54) is 0 Å². The van der Waals surface area contributed by atoms with Crippen LogP contribution in [0.2, 0.25) is 0 Å². The molecule has 0 amide bonds. The van der Waals surface area contributed by atoms with Gasteiger partial charge in [0.2, 0.25) is 0 Å². The Morgan fingerprint density at radius 3 is 2.61 bits per heavy atom. The number of hydrogen-bond donors (Lipinski definition) is 2. The molecule has 100 valence electrons. The zero-order valence-corrected chi connectivity index (χ0v) is 11.0. The largest absolute Gasteiger partial charge is 0.497 e. The summed E-state index contributed by atoms with van der Waals surface area (Å²) in [4.78, 5) is 0. The molecule has 0 heterocycles. The van der Waals surface area contributed by atoms with E-state index in [0.717, 1.165) is 36.3 Å². The van der Waals surface area contributed by atoms with Crippen molar-refractivity contribution in [3.8, 4) is 11.5 Å². The van der Waals surface area contributed by atoms with Gasteiger partial charge in [0, 0.05) is 24.7 Å². The van der Waals surface area contributed by atoms with Crippen molar-refractivity contribution in [2.24, 2.45) is 0 Å². The summed E-state index contributed by atoms with van der Waals surface area (Å²) in [5, 5.41) is 13.3. The van der Waals surface area contributed by atoms with E-state index in [2.05, 4.69) is 5.32 Å². The molecule has 1 fully saturated rings. The minimum absolute atomic E-state index is 0.486. The van der Waals surface area contributed by atoms with Gasteiger partial charge in [-0.25, -0.2) is 0 Å². The fourth-order valence-electron chi connectivity index (χ4n) is 2.19. The van der Waals surface area contributed by atoms with E-state index in [0.29, 0.717) is 13.1 Å². The van der Waals surface area contributed by atoms with E-state index in [1.54, 1.807) is 14.2 Å². The average Bonchev–Trinajstić information content (AvgIpc) is 2.37. The number of nitrogens with one attached hydrogen (secondary N) is 1. The van der Waals surface area contributed by atoms with Crippen molar-refractivity contribution in [2.45, 2.75) is 31.4 Å². The van der Waals surface area contributed by atoms with E-state index in [-0.39, 0.29) is 0 Å². The van der Waals surface area contributed by atoms with Gasteiger partial charge in [-0.15, -0.1) is 0 Å². The number of aliphatic hydroxyl groups is 1. The molecule has 1 aliphatic carbocycles. The van der Waals surface area contributed by atoms with Crippen molar-refractivity contribution in [1.82, 2.24) is 5.32 Å². The third-order valence-electron chi connectivity index (χ3n) is 3.55.